The van der Waals surface area contributed by atoms with Crippen LogP contribution in [-0.2, 0) is 26.2 Å². The van der Waals surface area contributed by atoms with Gasteiger partial charge in [0.15, 0.2) is 0 Å². The number of amides is 2. The molecule has 1 rings (SSSR count). The minimum Gasteiger partial charge on any atom is -0.355 e. The normalized spacial score (nSPS) is 11.3. The molecule has 1 aromatic heterocycles. The highest BCUT2D eigenvalue weighted by Gasteiger charge is 2.18. The molecule has 0 unspecified atom stereocenters. The van der Waals surface area contributed by atoms with E-state index in [1.165, 1.54) is 20.2 Å². The van der Waals surface area contributed by atoms with Crippen molar-refractivity contribution in [3.63, 3.8) is 0 Å². The quantitative estimate of drug-likeness (QED) is 0.601. The average molecular weight is 358 g/mol. The van der Waals surface area contributed by atoms with Gasteiger partial charge in [0.1, 0.15) is 6.54 Å². The highest BCUT2D eigenvalue weighted by Crippen LogP contribution is 2.10. The van der Waals surface area contributed by atoms with Crippen LogP contribution in [0, 0.1) is 0 Å². The molecule has 134 valence electrons. The smallest absolute Gasteiger partial charge is 0.251 e. The fraction of sp³-hybridized carbons (Fsp3) is 0.500. The van der Waals surface area contributed by atoms with Gasteiger partial charge in [-0.2, -0.15) is 0 Å². The SMILES string of the molecule is CCCNC(=O)CNC(=O)Cn1cc(S(=O)(=O)N(C)C)ccc1=O. The lowest BCUT2D eigenvalue weighted by molar-refractivity contribution is -0.126. The lowest BCUT2D eigenvalue weighted by atomic mass is 10.4. The van der Waals surface area contributed by atoms with Crippen molar-refractivity contribution >= 4 is 21.8 Å². The van der Waals surface area contributed by atoms with Gasteiger partial charge in [-0.1, -0.05) is 6.92 Å². The van der Waals surface area contributed by atoms with E-state index in [4.69, 9.17) is 0 Å². The lowest BCUT2D eigenvalue weighted by Crippen LogP contribution is -2.39. The van der Waals surface area contributed by atoms with Crippen LogP contribution in [0.4, 0.5) is 0 Å². The molecule has 0 aliphatic carbocycles. The number of pyridine rings is 1. The summed E-state index contributed by atoms with van der Waals surface area (Å²) in [6.45, 7) is 1.83. The molecule has 0 aliphatic rings. The molecule has 0 saturated heterocycles. The fourth-order valence-electron chi connectivity index (χ4n) is 1.71. The molecule has 24 heavy (non-hydrogen) atoms. The number of sulfonamides is 1. The molecule has 1 heterocycles. The third-order valence-corrected chi connectivity index (χ3v) is 4.87. The van der Waals surface area contributed by atoms with Gasteiger partial charge in [-0.25, -0.2) is 12.7 Å². The van der Waals surface area contributed by atoms with Crippen LogP contribution in [0.3, 0.4) is 0 Å². The maximum atomic E-state index is 12.1. The first kappa shape index (κ1) is 19.8. The molecule has 9 nitrogen and oxygen atoms in total. The Morgan fingerprint density at radius 3 is 2.42 bits per heavy atom. The Balaban J connectivity index is 2.79. The van der Waals surface area contributed by atoms with E-state index in [0.29, 0.717) is 6.54 Å². The first-order valence-corrected chi connectivity index (χ1v) is 8.79. The molecular formula is C14H22N4O5S. The van der Waals surface area contributed by atoms with Crippen molar-refractivity contribution in [2.75, 3.05) is 27.2 Å². The summed E-state index contributed by atoms with van der Waals surface area (Å²) < 4.78 is 26.1. The van der Waals surface area contributed by atoms with Crippen LogP contribution in [0.25, 0.3) is 0 Å². The third kappa shape index (κ3) is 5.46. The molecule has 2 N–H and O–H groups in total. The van der Waals surface area contributed by atoms with Crippen LogP contribution in [0.15, 0.2) is 28.0 Å². The summed E-state index contributed by atoms with van der Waals surface area (Å²) >= 11 is 0. The van der Waals surface area contributed by atoms with Crippen LogP contribution in [0.5, 0.6) is 0 Å². The molecule has 0 radical (unpaired) electrons. The van der Waals surface area contributed by atoms with Gasteiger partial charge in [-0.15, -0.1) is 0 Å². The van der Waals surface area contributed by atoms with E-state index in [2.05, 4.69) is 10.6 Å². The van der Waals surface area contributed by atoms with Crippen LogP contribution in [0.2, 0.25) is 0 Å². The Morgan fingerprint density at radius 1 is 1.17 bits per heavy atom. The zero-order chi connectivity index (χ0) is 18.3. The van der Waals surface area contributed by atoms with E-state index in [-0.39, 0.29) is 23.9 Å². The largest absolute Gasteiger partial charge is 0.355 e. The highest BCUT2D eigenvalue weighted by atomic mass is 32.2. The minimum absolute atomic E-state index is 0.0967. The number of hydrogen-bond donors (Lipinski definition) is 2. The van der Waals surface area contributed by atoms with E-state index in [1.807, 2.05) is 6.92 Å². The molecule has 0 saturated carbocycles. The molecule has 0 aliphatic heterocycles. The average Bonchev–Trinajstić information content (AvgIpc) is 2.52. The Labute approximate surface area is 140 Å². The van der Waals surface area contributed by atoms with E-state index >= 15 is 0 Å². The number of carbonyl (C=O) groups is 2. The molecule has 1 aromatic rings. The van der Waals surface area contributed by atoms with Gasteiger partial charge in [-0.05, 0) is 12.5 Å². The maximum Gasteiger partial charge on any atom is 0.251 e. The van der Waals surface area contributed by atoms with Gasteiger partial charge in [0.25, 0.3) is 5.56 Å². The molecule has 2 amide bonds. The highest BCUT2D eigenvalue weighted by molar-refractivity contribution is 7.89. The van der Waals surface area contributed by atoms with Crippen molar-refractivity contribution < 1.29 is 18.0 Å². The molecule has 0 fully saturated rings. The fourth-order valence-corrected chi connectivity index (χ4v) is 2.63. The Hall–Kier alpha value is -2.20. The van der Waals surface area contributed by atoms with Gasteiger partial charge < -0.3 is 15.2 Å². The van der Waals surface area contributed by atoms with Crippen LogP contribution in [0.1, 0.15) is 13.3 Å². The van der Waals surface area contributed by atoms with Crippen molar-refractivity contribution in [2.45, 2.75) is 24.8 Å². The third-order valence-electron chi connectivity index (χ3n) is 3.07. The van der Waals surface area contributed by atoms with Gasteiger partial charge >= 0.3 is 0 Å². The van der Waals surface area contributed by atoms with Gasteiger partial charge in [0.2, 0.25) is 21.8 Å². The number of nitrogens with zero attached hydrogens (tertiary/aromatic N) is 2. The van der Waals surface area contributed by atoms with Gasteiger partial charge in [0, 0.05) is 32.9 Å². The van der Waals surface area contributed by atoms with Crippen molar-refractivity contribution in [1.29, 1.82) is 0 Å². The number of hydrogen-bond acceptors (Lipinski definition) is 5. The van der Waals surface area contributed by atoms with Crippen LogP contribution >= 0.6 is 0 Å². The van der Waals surface area contributed by atoms with Gasteiger partial charge in [-0.3, -0.25) is 14.4 Å². The van der Waals surface area contributed by atoms with E-state index in [9.17, 15) is 22.8 Å². The Morgan fingerprint density at radius 2 is 1.83 bits per heavy atom. The molecule has 0 atom stereocenters. The standard InChI is InChI=1S/C14H22N4O5S/c1-4-7-15-12(19)8-16-13(20)10-18-9-11(5-6-14(18)21)24(22,23)17(2)3/h5-6,9H,4,7-8,10H2,1-3H3,(H,15,19)(H,16,20). The molecule has 0 bridgehead atoms. The summed E-state index contributed by atoms with van der Waals surface area (Å²) in [4.78, 5) is 34.9. The van der Waals surface area contributed by atoms with Crippen LogP contribution in [-0.4, -0.2) is 56.3 Å². The zero-order valence-corrected chi connectivity index (χ0v) is 14.7. The second-order valence-corrected chi connectivity index (χ2v) is 7.40. The van der Waals surface area contributed by atoms with Crippen LogP contribution < -0.4 is 16.2 Å². The maximum absolute atomic E-state index is 12.1. The Kier molecular flexibility index (Phi) is 7.11. The number of carbonyl (C=O) groups excluding carboxylic acids is 2. The van der Waals surface area contributed by atoms with E-state index < -0.39 is 21.5 Å². The first-order valence-electron chi connectivity index (χ1n) is 7.35. The minimum atomic E-state index is -3.71. The predicted molar refractivity (Wildman–Crippen MR) is 87.9 cm³/mol. The Bertz CT molecular complexity index is 755. The van der Waals surface area contributed by atoms with E-state index in [1.54, 1.807) is 0 Å². The number of aromatic nitrogens is 1. The summed E-state index contributed by atoms with van der Waals surface area (Å²) in [7, 11) is -0.975. The zero-order valence-electron chi connectivity index (χ0n) is 13.9. The van der Waals surface area contributed by atoms with E-state index in [0.717, 1.165) is 27.6 Å². The first-order chi connectivity index (χ1) is 11.2. The molecular weight excluding hydrogens is 336 g/mol. The van der Waals surface area contributed by atoms with Crippen molar-refractivity contribution in [2.24, 2.45) is 0 Å². The molecule has 0 spiro atoms. The molecule has 10 heteroatoms. The number of nitrogens with one attached hydrogen (secondary N) is 2. The monoisotopic (exact) mass is 358 g/mol. The summed E-state index contributed by atoms with van der Waals surface area (Å²) in [5.41, 5.74) is -0.515. The number of rotatable bonds is 8. The van der Waals surface area contributed by atoms with Crippen molar-refractivity contribution in [3.8, 4) is 0 Å². The van der Waals surface area contributed by atoms with Gasteiger partial charge in [0.05, 0.1) is 11.4 Å². The second-order valence-electron chi connectivity index (χ2n) is 5.25. The second kappa shape index (κ2) is 8.60. The molecule has 0 aromatic carbocycles. The predicted octanol–water partition coefficient (Wildman–Crippen LogP) is -1.26. The summed E-state index contributed by atoms with van der Waals surface area (Å²) in [6.07, 6.45) is 1.89. The van der Waals surface area contributed by atoms with Crippen molar-refractivity contribution in [3.05, 3.63) is 28.7 Å². The summed E-state index contributed by atoms with van der Waals surface area (Å²) in [5.74, 6) is -0.898. The summed E-state index contributed by atoms with van der Waals surface area (Å²) in [5, 5.41) is 4.97. The van der Waals surface area contributed by atoms with Crippen molar-refractivity contribution in [1.82, 2.24) is 19.5 Å². The topological polar surface area (TPSA) is 118 Å². The lowest BCUT2D eigenvalue weighted by Gasteiger charge is -2.13. The summed E-state index contributed by atoms with van der Waals surface area (Å²) in [6, 6.07) is 2.27.